The molecule has 1 saturated heterocycles. The van der Waals surface area contributed by atoms with E-state index >= 15 is 0 Å². The maximum absolute atomic E-state index is 12.8. The smallest absolute Gasteiger partial charge is 0.408 e. The Labute approximate surface area is 160 Å². The van der Waals surface area contributed by atoms with Crippen molar-refractivity contribution in [2.24, 2.45) is 0 Å². The second-order valence-electron chi connectivity index (χ2n) is 6.97. The molecule has 2 aromatic rings. The zero-order valence-corrected chi connectivity index (χ0v) is 15.9. The lowest BCUT2D eigenvalue weighted by Gasteiger charge is -2.34. The Morgan fingerprint density at radius 1 is 1.39 bits per heavy atom. The number of hydrogen-bond acceptors (Lipinski definition) is 6. The predicted molar refractivity (Wildman–Crippen MR) is 99.8 cm³/mol. The van der Waals surface area contributed by atoms with E-state index in [0.29, 0.717) is 36.5 Å². The summed E-state index contributed by atoms with van der Waals surface area (Å²) in [7, 11) is 3.80. The van der Waals surface area contributed by atoms with E-state index in [9.17, 15) is 18.4 Å². The van der Waals surface area contributed by atoms with Gasteiger partial charge in [-0.05, 0) is 32.3 Å². The molecule has 1 aromatic heterocycles. The average Bonchev–Trinajstić information content (AvgIpc) is 2.94. The van der Waals surface area contributed by atoms with Crippen molar-refractivity contribution in [2.45, 2.75) is 19.0 Å². The largest absolute Gasteiger partial charge is 0.419 e. The lowest BCUT2D eigenvalue weighted by atomic mass is 10.2. The fourth-order valence-corrected chi connectivity index (χ4v) is 3.15. The summed E-state index contributed by atoms with van der Waals surface area (Å²) in [4.78, 5) is 28.1. The van der Waals surface area contributed by atoms with Gasteiger partial charge in [-0.25, -0.2) is 13.6 Å². The minimum atomic E-state index is -2.53. The Kier molecular flexibility index (Phi) is 6.42. The summed E-state index contributed by atoms with van der Waals surface area (Å²) in [6.07, 6.45) is -2.53. The Morgan fingerprint density at radius 2 is 2.18 bits per heavy atom. The third-order valence-corrected chi connectivity index (χ3v) is 4.62. The number of alkyl halides is 2. The highest BCUT2D eigenvalue weighted by Crippen LogP contribution is 2.20. The van der Waals surface area contributed by atoms with Crippen LogP contribution in [0.4, 0.5) is 14.5 Å². The summed E-state index contributed by atoms with van der Waals surface area (Å²) in [5.74, 6) is -0.894. The van der Waals surface area contributed by atoms with Gasteiger partial charge in [-0.2, -0.15) is 0 Å². The molecular weight excluding hydrogens is 374 g/mol. The van der Waals surface area contributed by atoms with Crippen LogP contribution < -0.4 is 11.1 Å². The molecule has 0 spiro atoms. The topological polar surface area (TPSA) is 80.0 Å². The van der Waals surface area contributed by atoms with Gasteiger partial charge >= 0.3 is 5.76 Å². The molecule has 1 aliphatic rings. The van der Waals surface area contributed by atoms with Crippen LogP contribution in [0.25, 0.3) is 11.1 Å². The molecule has 0 bridgehead atoms. The van der Waals surface area contributed by atoms with Gasteiger partial charge in [0.15, 0.2) is 5.58 Å². The van der Waals surface area contributed by atoms with Gasteiger partial charge in [-0.1, -0.05) is 0 Å². The quantitative estimate of drug-likeness (QED) is 0.751. The number of fused-ring (bicyclic) bond motifs is 1. The first kappa shape index (κ1) is 20.4. The van der Waals surface area contributed by atoms with Gasteiger partial charge in [-0.3, -0.25) is 14.3 Å². The monoisotopic (exact) mass is 398 g/mol. The Morgan fingerprint density at radius 3 is 2.89 bits per heavy atom. The van der Waals surface area contributed by atoms with Crippen molar-refractivity contribution in [2.75, 3.05) is 52.3 Å². The van der Waals surface area contributed by atoms with Crippen LogP contribution in [0.1, 0.15) is 0 Å². The van der Waals surface area contributed by atoms with Crippen LogP contribution >= 0.6 is 0 Å². The van der Waals surface area contributed by atoms with Gasteiger partial charge < -0.3 is 19.4 Å². The van der Waals surface area contributed by atoms with Crippen LogP contribution in [0.15, 0.2) is 27.4 Å². The third-order valence-electron chi connectivity index (χ3n) is 4.62. The zero-order valence-electron chi connectivity index (χ0n) is 15.9. The van der Waals surface area contributed by atoms with E-state index in [1.807, 2.05) is 19.0 Å². The Hall–Kier alpha value is -2.30. The number of halogens is 2. The number of benzene rings is 1. The van der Waals surface area contributed by atoms with Gasteiger partial charge in [-0.15, -0.1) is 0 Å². The first-order chi connectivity index (χ1) is 13.3. The fraction of sp³-hybridized carbons (Fsp3) is 0.556. The second-order valence-corrected chi connectivity index (χ2v) is 6.97. The van der Waals surface area contributed by atoms with Gasteiger partial charge in [0.05, 0.1) is 25.3 Å². The molecule has 1 atom stereocenters. The minimum Gasteiger partial charge on any atom is -0.408 e. The van der Waals surface area contributed by atoms with Crippen molar-refractivity contribution < 1.29 is 22.7 Å². The number of ether oxygens (including phenoxy) is 1. The summed E-state index contributed by atoms with van der Waals surface area (Å²) in [5.41, 5.74) is 1.44. The van der Waals surface area contributed by atoms with E-state index in [4.69, 9.17) is 9.15 Å². The number of hydrogen-bond donors (Lipinski definition) is 1. The highest BCUT2D eigenvalue weighted by atomic mass is 19.3. The lowest BCUT2D eigenvalue weighted by Crippen LogP contribution is -2.53. The summed E-state index contributed by atoms with van der Waals surface area (Å²) >= 11 is 0. The number of carbonyl (C=O) groups is 1. The summed E-state index contributed by atoms with van der Waals surface area (Å²) in [6.45, 7) is 1.25. The fourth-order valence-electron chi connectivity index (χ4n) is 3.15. The van der Waals surface area contributed by atoms with Gasteiger partial charge in [0, 0.05) is 25.3 Å². The van der Waals surface area contributed by atoms with Crippen molar-refractivity contribution in [1.82, 2.24) is 14.4 Å². The standard InChI is InChI=1S/C18H24F2N4O4/c1-22(2)5-6-24-13-9-12(3-4-15(13)28-18(24)26)21-17(25)14-11-27-8-7-23(14)10-16(19)20/h3-4,9,14,16H,5-8,10-11H2,1-2H3,(H,21,25). The molecule has 2 heterocycles. The Bertz CT molecular complexity index is 880. The molecule has 0 saturated carbocycles. The number of nitrogens with zero attached hydrogens (tertiary/aromatic N) is 3. The minimum absolute atomic E-state index is 0.0556. The molecule has 3 rings (SSSR count). The normalized spacial score (nSPS) is 18.3. The summed E-state index contributed by atoms with van der Waals surface area (Å²) in [5, 5.41) is 2.74. The van der Waals surface area contributed by atoms with Crippen LogP contribution in [-0.4, -0.2) is 79.7 Å². The van der Waals surface area contributed by atoms with Crippen LogP contribution in [0.2, 0.25) is 0 Å². The van der Waals surface area contributed by atoms with Crippen molar-refractivity contribution >= 4 is 22.7 Å². The SMILES string of the molecule is CN(C)CCn1c(=O)oc2ccc(NC(=O)C3COCCN3CC(F)F)cc21. The maximum Gasteiger partial charge on any atom is 0.419 e. The second kappa shape index (κ2) is 8.80. The van der Waals surface area contributed by atoms with E-state index in [-0.39, 0.29) is 13.2 Å². The first-order valence-electron chi connectivity index (χ1n) is 9.04. The van der Waals surface area contributed by atoms with E-state index in [0.717, 1.165) is 0 Å². The predicted octanol–water partition coefficient (Wildman–Crippen LogP) is 1.06. The van der Waals surface area contributed by atoms with Crippen LogP contribution in [0, 0.1) is 0 Å². The number of rotatable bonds is 7. The highest BCUT2D eigenvalue weighted by Gasteiger charge is 2.31. The number of oxazole rings is 1. The molecule has 0 radical (unpaired) electrons. The van der Waals surface area contributed by atoms with Crippen LogP contribution in [0.5, 0.6) is 0 Å². The third kappa shape index (κ3) is 4.75. The van der Waals surface area contributed by atoms with E-state index in [1.54, 1.807) is 18.2 Å². The molecule has 0 aliphatic carbocycles. The number of likely N-dealkylation sites (N-methyl/N-ethyl adjacent to an activating group) is 1. The molecule has 1 fully saturated rings. The van der Waals surface area contributed by atoms with Crippen molar-refractivity contribution in [1.29, 1.82) is 0 Å². The number of carbonyl (C=O) groups excluding carboxylic acids is 1. The highest BCUT2D eigenvalue weighted by molar-refractivity contribution is 5.96. The lowest BCUT2D eigenvalue weighted by molar-refractivity contribution is -0.128. The molecule has 28 heavy (non-hydrogen) atoms. The summed E-state index contributed by atoms with van der Waals surface area (Å²) < 4.78 is 37.6. The van der Waals surface area contributed by atoms with Gasteiger partial charge in [0.1, 0.15) is 6.04 Å². The molecule has 1 aliphatic heterocycles. The van der Waals surface area contributed by atoms with Crippen LogP contribution in [0.3, 0.4) is 0 Å². The molecule has 154 valence electrons. The number of anilines is 1. The average molecular weight is 398 g/mol. The zero-order chi connectivity index (χ0) is 20.3. The van der Waals surface area contributed by atoms with Crippen molar-refractivity contribution in [3.63, 3.8) is 0 Å². The maximum atomic E-state index is 12.8. The van der Waals surface area contributed by atoms with Gasteiger partial charge in [0.25, 0.3) is 6.43 Å². The number of nitrogens with one attached hydrogen (secondary N) is 1. The first-order valence-corrected chi connectivity index (χ1v) is 9.04. The molecule has 1 amide bonds. The molecular formula is C18H24F2N4O4. The molecule has 1 aromatic carbocycles. The Balaban J connectivity index is 1.78. The van der Waals surface area contributed by atoms with Crippen LogP contribution in [-0.2, 0) is 16.1 Å². The van der Waals surface area contributed by atoms with Crippen molar-refractivity contribution in [3.05, 3.63) is 28.7 Å². The number of aromatic nitrogens is 1. The van der Waals surface area contributed by atoms with E-state index in [2.05, 4.69) is 5.32 Å². The molecule has 1 unspecified atom stereocenters. The molecule has 8 nitrogen and oxygen atoms in total. The molecule has 10 heteroatoms. The van der Waals surface area contributed by atoms with E-state index < -0.39 is 30.7 Å². The van der Waals surface area contributed by atoms with Gasteiger partial charge in [0.2, 0.25) is 5.91 Å². The van der Waals surface area contributed by atoms with E-state index in [1.165, 1.54) is 9.47 Å². The summed E-state index contributed by atoms with van der Waals surface area (Å²) in [6, 6.07) is 4.07. The molecule has 1 N–H and O–H groups in total. The number of amides is 1. The number of morpholine rings is 1. The van der Waals surface area contributed by atoms with Crippen molar-refractivity contribution in [3.8, 4) is 0 Å².